The number of rotatable bonds is 10. The van der Waals surface area contributed by atoms with Crippen LogP contribution in [0.15, 0.2) is 72.7 Å². The number of ether oxygens (including phenoxy) is 3. The number of hydrogen-bond acceptors (Lipinski definition) is 3. The molecule has 2 aromatic carbocycles. The van der Waals surface area contributed by atoms with E-state index in [2.05, 4.69) is 13.2 Å². The molecule has 0 amide bonds. The summed E-state index contributed by atoms with van der Waals surface area (Å²) in [7, 11) is 1.67. The van der Waals surface area contributed by atoms with E-state index < -0.39 is 34.8 Å². The van der Waals surface area contributed by atoms with Crippen LogP contribution in [-0.4, -0.2) is 19.8 Å². The van der Waals surface area contributed by atoms with Crippen LogP contribution in [0.1, 0.15) is 49.7 Å². The van der Waals surface area contributed by atoms with Crippen molar-refractivity contribution in [3.63, 3.8) is 0 Å². The molecule has 3 nitrogen and oxygen atoms in total. The summed E-state index contributed by atoms with van der Waals surface area (Å²) in [6.45, 7) is 8.35. The van der Waals surface area contributed by atoms with Crippen molar-refractivity contribution in [2.45, 2.75) is 51.2 Å². The lowest BCUT2D eigenvalue weighted by molar-refractivity contribution is 0.0655. The highest BCUT2D eigenvalue weighted by Crippen LogP contribution is 2.37. The molecule has 1 aliphatic carbocycles. The average molecular weight is 491 g/mol. The van der Waals surface area contributed by atoms with Gasteiger partial charge in [0.2, 0.25) is 11.7 Å². The number of benzene rings is 2. The van der Waals surface area contributed by atoms with Gasteiger partial charge in [0.1, 0.15) is 6.61 Å². The van der Waals surface area contributed by atoms with Gasteiger partial charge in [-0.25, -0.2) is 8.78 Å². The smallest absolute Gasteiger partial charge is 0.203 e. The zero-order chi connectivity index (χ0) is 25.5. The standard InChI is InChI=1S/C28H30F4O3/c1-5-34-17(2)25(29)26(30)18(3)35-16-19-6-8-20(9-7-19)23-14-15-24(28(32)27(23)31)21-10-12-22(33-4)13-11-21/h6-9,14-15,21-22H,2-3,5,10-13,16H2,1,4H3/b26-25-. The number of methoxy groups -OCH3 is 1. The van der Waals surface area contributed by atoms with Crippen LogP contribution < -0.4 is 0 Å². The molecule has 0 aliphatic heterocycles. The second kappa shape index (κ2) is 12.1. The van der Waals surface area contributed by atoms with Gasteiger partial charge in [-0.1, -0.05) is 49.6 Å². The maximum Gasteiger partial charge on any atom is 0.203 e. The van der Waals surface area contributed by atoms with Gasteiger partial charge in [0.05, 0.1) is 12.7 Å². The molecular formula is C28H30F4O3. The lowest BCUT2D eigenvalue weighted by Crippen LogP contribution is -2.20. The van der Waals surface area contributed by atoms with Crippen LogP contribution in [0, 0.1) is 11.6 Å². The maximum atomic E-state index is 14.9. The van der Waals surface area contributed by atoms with E-state index in [-0.39, 0.29) is 30.8 Å². The second-order valence-corrected chi connectivity index (χ2v) is 8.43. The summed E-state index contributed by atoms with van der Waals surface area (Å²) in [6, 6.07) is 9.76. The molecular weight excluding hydrogens is 460 g/mol. The third-order valence-electron chi connectivity index (χ3n) is 6.24. The molecule has 0 bridgehead atoms. The van der Waals surface area contributed by atoms with Crippen LogP contribution >= 0.6 is 0 Å². The molecule has 0 saturated heterocycles. The quantitative estimate of drug-likeness (QED) is 0.192. The van der Waals surface area contributed by atoms with E-state index in [0.717, 1.165) is 25.7 Å². The number of hydrogen-bond donors (Lipinski definition) is 0. The molecule has 2 aromatic rings. The van der Waals surface area contributed by atoms with Gasteiger partial charge in [-0.2, -0.15) is 8.78 Å². The minimum atomic E-state index is -1.30. The first-order valence-corrected chi connectivity index (χ1v) is 11.6. The fraction of sp³-hybridized carbons (Fsp3) is 0.357. The highest BCUT2D eigenvalue weighted by molar-refractivity contribution is 5.65. The van der Waals surface area contributed by atoms with Crippen molar-refractivity contribution in [2.75, 3.05) is 13.7 Å². The SMILES string of the molecule is C=C(OCC)/C(F)=C(/F)C(=C)OCc1ccc(-c2ccc(C3CCC(OC)CC3)c(F)c2F)cc1. The first-order valence-electron chi connectivity index (χ1n) is 11.6. The van der Waals surface area contributed by atoms with Gasteiger partial charge in [-0.05, 0) is 55.2 Å². The molecule has 35 heavy (non-hydrogen) atoms. The lowest BCUT2D eigenvalue weighted by atomic mass is 9.82. The van der Waals surface area contributed by atoms with Gasteiger partial charge < -0.3 is 14.2 Å². The Kier molecular flexibility index (Phi) is 9.15. The van der Waals surface area contributed by atoms with Gasteiger partial charge in [0, 0.05) is 12.7 Å². The number of halogens is 4. The van der Waals surface area contributed by atoms with Crippen molar-refractivity contribution in [3.05, 3.63) is 95.5 Å². The fourth-order valence-corrected chi connectivity index (χ4v) is 4.21. The van der Waals surface area contributed by atoms with E-state index in [1.165, 1.54) is 0 Å². The zero-order valence-electron chi connectivity index (χ0n) is 20.0. The Balaban J connectivity index is 1.66. The molecule has 7 heteroatoms. The van der Waals surface area contributed by atoms with Gasteiger partial charge in [-0.15, -0.1) is 0 Å². The Morgan fingerprint density at radius 1 is 0.857 bits per heavy atom. The van der Waals surface area contributed by atoms with Crippen molar-refractivity contribution in [2.24, 2.45) is 0 Å². The van der Waals surface area contributed by atoms with Crippen LogP contribution in [-0.2, 0) is 20.8 Å². The normalized spacial score (nSPS) is 18.6. The predicted octanol–water partition coefficient (Wildman–Crippen LogP) is 8.04. The molecule has 3 rings (SSSR count). The largest absolute Gasteiger partial charge is 0.491 e. The van der Waals surface area contributed by atoms with Crippen LogP contribution in [0.5, 0.6) is 0 Å². The van der Waals surface area contributed by atoms with Crippen LogP contribution in [0.4, 0.5) is 17.6 Å². The summed E-state index contributed by atoms with van der Waals surface area (Å²) in [5.74, 6) is -5.25. The minimum absolute atomic E-state index is 0.0254. The third kappa shape index (κ3) is 6.34. The van der Waals surface area contributed by atoms with E-state index in [0.29, 0.717) is 16.7 Å². The Morgan fingerprint density at radius 2 is 1.46 bits per heavy atom. The van der Waals surface area contributed by atoms with Crippen molar-refractivity contribution in [3.8, 4) is 11.1 Å². The molecule has 0 radical (unpaired) electrons. The van der Waals surface area contributed by atoms with E-state index in [4.69, 9.17) is 14.2 Å². The van der Waals surface area contributed by atoms with E-state index in [1.807, 2.05) is 0 Å². The molecule has 188 valence electrons. The summed E-state index contributed by atoms with van der Waals surface area (Å²) in [5.41, 5.74) is 1.65. The van der Waals surface area contributed by atoms with Crippen molar-refractivity contribution >= 4 is 0 Å². The highest BCUT2D eigenvalue weighted by Gasteiger charge is 2.26. The van der Waals surface area contributed by atoms with Gasteiger partial charge in [0.15, 0.2) is 23.2 Å². The molecule has 0 unspecified atom stereocenters. The summed E-state index contributed by atoms with van der Waals surface area (Å²) < 4.78 is 73.3. The highest BCUT2D eigenvalue weighted by atomic mass is 19.2. The predicted molar refractivity (Wildman–Crippen MR) is 128 cm³/mol. The third-order valence-corrected chi connectivity index (χ3v) is 6.24. The second-order valence-electron chi connectivity index (χ2n) is 8.43. The molecule has 0 heterocycles. The Hall–Kier alpha value is -3.06. The van der Waals surface area contributed by atoms with Gasteiger partial charge in [-0.3, -0.25) is 0 Å². The first-order chi connectivity index (χ1) is 16.8. The van der Waals surface area contributed by atoms with E-state index in [1.54, 1.807) is 50.4 Å². The van der Waals surface area contributed by atoms with Crippen molar-refractivity contribution < 1.29 is 31.8 Å². The molecule has 1 aliphatic rings. The van der Waals surface area contributed by atoms with Crippen LogP contribution in [0.2, 0.25) is 0 Å². The Morgan fingerprint density at radius 3 is 2.03 bits per heavy atom. The van der Waals surface area contributed by atoms with Gasteiger partial charge in [0.25, 0.3) is 0 Å². The summed E-state index contributed by atoms with van der Waals surface area (Å²) >= 11 is 0. The first kappa shape index (κ1) is 26.5. The summed E-state index contributed by atoms with van der Waals surface area (Å²) in [4.78, 5) is 0. The number of allylic oxidation sites excluding steroid dienone is 2. The molecule has 0 atom stereocenters. The Bertz CT molecular complexity index is 1080. The van der Waals surface area contributed by atoms with E-state index >= 15 is 0 Å². The molecule has 1 fully saturated rings. The topological polar surface area (TPSA) is 27.7 Å². The average Bonchev–Trinajstić information content (AvgIpc) is 2.88. The zero-order valence-corrected chi connectivity index (χ0v) is 20.0. The van der Waals surface area contributed by atoms with E-state index in [9.17, 15) is 17.6 Å². The fourth-order valence-electron chi connectivity index (χ4n) is 4.21. The van der Waals surface area contributed by atoms with Crippen molar-refractivity contribution in [1.82, 2.24) is 0 Å². The Labute approximate surface area is 203 Å². The van der Waals surface area contributed by atoms with Crippen LogP contribution in [0.3, 0.4) is 0 Å². The van der Waals surface area contributed by atoms with Crippen molar-refractivity contribution in [1.29, 1.82) is 0 Å². The summed E-state index contributed by atoms with van der Waals surface area (Å²) in [5, 5.41) is 0. The molecule has 1 saturated carbocycles. The molecule has 0 spiro atoms. The molecule has 0 N–H and O–H groups in total. The minimum Gasteiger partial charge on any atom is -0.491 e. The monoisotopic (exact) mass is 490 g/mol. The van der Waals surface area contributed by atoms with Gasteiger partial charge >= 0.3 is 0 Å². The maximum absolute atomic E-state index is 14.9. The summed E-state index contributed by atoms with van der Waals surface area (Å²) in [6.07, 6.45) is 3.35. The lowest BCUT2D eigenvalue weighted by Gasteiger charge is -2.28. The molecule has 0 aromatic heterocycles. The van der Waals surface area contributed by atoms with Crippen LogP contribution in [0.25, 0.3) is 11.1 Å².